The largest absolute Gasteiger partial charge is 0.490 e. The number of rotatable bonds is 3. The van der Waals surface area contributed by atoms with Crippen molar-refractivity contribution in [3.05, 3.63) is 36.2 Å². The first-order valence-electron chi connectivity index (χ1n) is 6.44. The molecule has 1 aromatic rings. The summed E-state index contributed by atoms with van der Waals surface area (Å²) in [4.78, 5) is 0. The van der Waals surface area contributed by atoms with Crippen LogP contribution in [0.2, 0.25) is 0 Å². The second-order valence-electron chi connectivity index (χ2n) is 4.59. The standard InChI is InChI=1S/C15H21O/c1-2-13-9-11-15(12-10-13)16-14-7-5-3-4-6-8-14/h2,9-12,14H,3-8H2,1H3. The van der Waals surface area contributed by atoms with Crippen molar-refractivity contribution >= 4 is 0 Å². The van der Waals surface area contributed by atoms with Crippen molar-refractivity contribution < 1.29 is 4.74 Å². The highest BCUT2D eigenvalue weighted by atomic mass is 16.5. The molecule has 0 N–H and O–H groups in total. The molecule has 0 aliphatic heterocycles. The van der Waals surface area contributed by atoms with Gasteiger partial charge in [-0.05, 0) is 49.8 Å². The Bertz CT molecular complexity index is 294. The summed E-state index contributed by atoms with van der Waals surface area (Å²) >= 11 is 0. The smallest absolute Gasteiger partial charge is 0.119 e. The van der Waals surface area contributed by atoms with Crippen molar-refractivity contribution in [1.29, 1.82) is 0 Å². The minimum atomic E-state index is 0.443. The van der Waals surface area contributed by atoms with Gasteiger partial charge in [-0.1, -0.05) is 31.9 Å². The molecule has 1 saturated carbocycles. The van der Waals surface area contributed by atoms with Crippen molar-refractivity contribution in [3.8, 4) is 5.75 Å². The first-order chi connectivity index (χ1) is 7.88. The van der Waals surface area contributed by atoms with Gasteiger partial charge in [0.2, 0.25) is 0 Å². The summed E-state index contributed by atoms with van der Waals surface area (Å²) in [7, 11) is 0. The summed E-state index contributed by atoms with van der Waals surface area (Å²) < 4.78 is 6.02. The number of benzene rings is 1. The van der Waals surface area contributed by atoms with Gasteiger partial charge in [0.1, 0.15) is 5.75 Å². The van der Waals surface area contributed by atoms with Crippen LogP contribution in [0.25, 0.3) is 0 Å². The Hall–Kier alpha value is -0.980. The van der Waals surface area contributed by atoms with Gasteiger partial charge in [-0.2, -0.15) is 0 Å². The third kappa shape index (κ3) is 3.26. The number of hydrogen-bond donors (Lipinski definition) is 0. The van der Waals surface area contributed by atoms with E-state index in [1.54, 1.807) is 0 Å². The van der Waals surface area contributed by atoms with Crippen LogP contribution in [0.15, 0.2) is 24.3 Å². The Balaban J connectivity index is 1.91. The van der Waals surface area contributed by atoms with E-state index in [4.69, 9.17) is 4.74 Å². The van der Waals surface area contributed by atoms with Gasteiger partial charge in [-0.15, -0.1) is 0 Å². The minimum Gasteiger partial charge on any atom is -0.490 e. The number of hydrogen-bond acceptors (Lipinski definition) is 1. The van der Waals surface area contributed by atoms with Gasteiger partial charge in [0.15, 0.2) is 0 Å². The second-order valence-corrected chi connectivity index (χ2v) is 4.59. The maximum Gasteiger partial charge on any atom is 0.119 e. The molecule has 1 heteroatoms. The zero-order valence-corrected chi connectivity index (χ0v) is 10.1. The van der Waals surface area contributed by atoms with Crippen LogP contribution in [0.4, 0.5) is 0 Å². The van der Waals surface area contributed by atoms with Crippen molar-refractivity contribution in [2.75, 3.05) is 0 Å². The fourth-order valence-corrected chi connectivity index (χ4v) is 2.29. The van der Waals surface area contributed by atoms with E-state index in [2.05, 4.69) is 37.6 Å². The van der Waals surface area contributed by atoms with Gasteiger partial charge in [-0.3, -0.25) is 0 Å². The Labute approximate surface area is 98.8 Å². The Kier molecular flexibility index (Phi) is 4.26. The molecule has 1 aliphatic rings. The average molecular weight is 217 g/mol. The maximum absolute atomic E-state index is 6.02. The van der Waals surface area contributed by atoms with E-state index in [0.29, 0.717) is 6.10 Å². The van der Waals surface area contributed by atoms with E-state index in [1.807, 2.05) is 0 Å². The first kappa shape index (κ1) is 11.5. The average Bonchev–Trinajstić information content (AvgIpc) is 2.59. The van der Waals surface area contributed by atoms with E-state index in [9.17, 15) is 0 Å². The van der Waals surface area contributed by atoms with E-state index < -0.39 is 0 Å². The van der Waals surface area contributed by atoms with Crippen LogP contribution in [-0.4, -0.2) is 6.10 Å². The molecule has 1 aromatic carbocycles. The van der Waals surface area contributed by atoms with Crippen LogP contribution in [0.1, 0.15) is 51.0 Å². The summed E-state index contributed by atoms with van der Waals surface area (Å²) in [6.07, 6.45) is 10.4. The number of ether oxygens (including phenoxy) is 1. The molecule has 0 atom stereocenters. The van der Waals surface area contributed by atoms with Crippen molar-refractivity contribution in [1.82, 2.24) is 0 Å². The van der Waals surface area contributed by atoms with Gasteiger partial charge in [0.05, 0.1) is 6.10 Å². The molecule has 1 radical (unpaired) electrons. The highest BCUT2D eigenvalue weighted by Gasteiger charge is 2.13. The van der Waals surface area contributed by atoms with Crippen molar-refractivity contribution in [3.63, 3.8) is 0 Å². The van der Waals surface area contributed by atoms with E-state index in [1.165, 1.54) is 44.1 Å². The Morgan fingerprint density at radius 2 is 1.62 bits per heavy atom. The van der Waals surface area contributed by atoms with Crippen LogP contribution < -0.4 is 4.74 Å². The fourth-order valence-electron chi connectivity index (χ4n) is 2.29. The molecule has 0 heterocycles. The molecule has 16 heavy (non-hydrogen) atoms. The van der Waals surface area contributed by atoms with E-state index >= 15 is 0 Å². The topological polar surface area (TPSA) is 9.23 Å². The molecule has 0 bridgehead atoms. The molecule has 0 unspecified atom stereocenters. The molecule has 1 fully saturated rings. The monoisotopic (exact) mass is 217 g/mol. The highest BCUT2D eigenvalue weighted by molar-refractivity contribution is 5.30. The summed E-state index contributed by atoms with van der Waals surface area (Å²) in [5, 5.41) is 0. The van der Waals surface area contributed by atoms with E-state index in [0.717, 1.165) is 5.75 Å². The zero-order chi connectivity index (χ0) is 11.2. The maximum atomic E-state index is 6.02. The third-order valence-corrected chi connectivity index (χ3v) is 3.32. The highest BCUT2D eigenvalue weighted by Crippen LogP contribution is 2.23. The van der Waals surface area contributed by atoms with Crippen LogP contribution in [0.3, 0.4) is 0 Å². The van der Waals surface area contributed by atoms with Gasteiger partial charge in [-0.25, -0.2) is 0 Å². The van der Waals surface area contributed by atoms with Crippen LogP contribution in [-0.2, 0) is 0 Å². The fraction of sp³-hybridized carbons (Fsp3) is 0.533. The van der Waals surface area contributed by atoms with Crippen molar-refractivity contribution in [2.24, 2.45) is 0 Å². The molecule has 0 spiro atoms. The quantitative estimate of drug-likeness (QED) is 0.683. The predicted octanol–water partition coefficient (Wildman–Crippen LogP) is 4.36. The van der Waals surface area contributed by atoms with Gasteiger partial charge in [0, 0.05) is 0 Å². The summed E-state index contributed by atoms with van der Waals surface area (Å²) in [5.41, 5.74) is 1.26. The lowest BCUT2D eigenvalue weighted by Gasteiger charge is -2.17. The zero-order valence-electron chi connectivity index (χ0n) is 10.1. The molecular formula is C15H21O. The minimum absolute atomic E-state index is 0.443. The van der Waals surface area contributed by atoms with Gasteiger partial charge in [0.25, 0.3) is 0 Å². The van der Waals surface area contributed by atoms with Gasteiger partial charge >= 0.3 is 0 Å². The molecule has 87 valence electrons. The lowest BCUT2D eigenvalue weighted by Crippen LogP contribution is -2.14. The molecule has 0 saturated heterocycles. The van der Waals surface area contributed by atoms with E-state index in [-0.39, 0.29) is 0 Å². The van der Waals surface area contributed by atoms with Crippen molar-refractivity contribution in [2.45, 2.75) is 51.6 Å². The van der Waals surface area contributed by atoms with Crippen LogP contribution in [0, 0.1) is 6.42 Å². The molecular weight excluding hydrogens is 196 g/mol. The van der Waals surface area contributed by atoms with Crippen LogP contribution >= 0.6 is 0 Å². The molecule has 1 aliphatic carbocycles. The Morgan fingerprint density at radius 3 is 2.19 bits per heavy atom. The lowest BCUT2D eigenvalue weighted by atomic mass is 10.1. The summed E-state index contributed by atoms with van der Waals surface area (Å²) in [6, 6.07) is 8.40. The predicted molar refractivity (Wildman–Crippen MR) is 67.6 cm³/mol. The van der Waals surface area contributed by atoms with Crippen LogP contribution in [0.5, 0.6) is 5.75 Å². The normalized spacial score (nSPS) is 18.1. The third-order valence-electron chi connectivity index (χ3n) is 3.32. The Morgan fingerprint density at radius 1 is 1.00 bits per heavy atom. The first-order valence-corrected chi connectivity index (χ1v) is 6.44. The summed E-state index contributed by atoms with van der Waals surface area (Å²) in [6.45, 7) is 2.06. The second kappa shape index (κ2) is 5.93. The molecule has 0 aromatic heterocycles. The van der Waals surface area contributed by atoms with Gasteiger partial charge < -0.3 is 4.74 Å². The summed E-state index contributed by atoms with van der Waals surface area (Å²) in [5.74, 6) is 1.03. The lowest BCUT2D eigenvalue weighted by molar-refractivity contribution is 0.184. The SMILES string of the molecule is C[CH]c1ccc(OC2CCCCCC2)cc1. The molecule has 0 amide bonds. The molecule has 1 nitrogen and oxygen atoms in total. The molecule has 2 rings (SSSR count).